The molecule has 5 nitrogen and oxygen atoms in total. The average Bonchev–Trinajstić information content (AvgIpc) is 2.93. The number of ketones is 2. The summed E-state index contributed by atoms with van der Waals surface area (Å²) in [7, 11) is 0. The summed E-state index contributed by atoms with van der Waals surface area (Å²) < 4.78 is 0. The maximum absolute atomic E-state index is 10.5. The van der Waals surface area contributed by atoms with Gasteiger partial charge in [-0.05, 0) is 6.92 Å². The van der Waals surface area contributed by atoms with Crippen LogP contribution in [0.25, 0.3) is 0 Å². The smallest absolute Gasteiger partial charge is 0.188 e. The van der Waals surface area contributed by atoms with Gasteiger partial charge in [0.25, 0.3) is 0 Å². The summed E-state index contributed by atoms with van der Waals surface area (Å²) in [5.41, 5.74) is 0.630. The second-order valence-corrected chi connectivity index (χ2v) is 3.83. The fourth-order valence-electron chi connectivity index (χ4n) is 0.841. The predicted octanol–water partition coefficient (Wildman–Crippen LogP) is 1.96. The maximum Gasteiger partial charge on any atom is 0.188 e. The molecule has 0 saturated carbocycles. The van der Waals surface area contributed by atoms with Crippen LogP contribution >= 0.6 is 11.3 Å². The number of nitrogens with one attached hydrogen (secondary N) is 1. The number of hydrogen-bond donors (Lipinski definition) is 1. The third kappa shape index (κ3) is 3.74. The van der Waals surface area contributed by atoms with Gasteiger partial charge in [0.2, 0.25) is 0 Å². The molecule has 6 heteroatoms. The minimum atomic E-state index is 0.0405. The number of carbonyl (C=O) groups is 2. The number of H-pyrrole nitrogens is 1. The number of aromatic nitrogens is 3. The van der Waals surface area contributed by atoms with Crippen molar-refractivity contribution in [1.82, 2.24) is 15.2 Å². The molecule has 1 N–H and O–H groups in total. The third-order valence-corrected chi connectivity index (χ3v) is 2.51. The van der Waals surface area contributed by atoms with E-state index < -0.39 is 0 Å². The standard InChI is InChI=1S/C5H6N2O.C5H5NOS/c1-4(8)5-2-6-7-3-5;1-4(7)5-6-2-3-8-5/h2-3H,1H3,(H,6,7);2-3H,1H3. The molecule has 0 amide bonds. The Morgan fingerprint density at radius 2 is 2.06 bits per heavy atom. The highest BCUT2D eigenvalue weighted by Crippen LogP contribution is 2.02. The first-order chi connectivity index (χ1) is 7.61. The van der Waals surface area contributed by atoms with E-state index in [0.29, 0.717) is 10.6 Å². The largest absolute Gasteiger partial charge is 0.294 e. The average molecular weight is 237 g/mol. The molecule has 0 radical (unpaired) electrons. The van der Waals surface area contributed by atoms with Crippen molar-refractivity contribution in [3.8, 4) is 0 Å². The van der Waals surface area contributed by atoms with Crippen molar-refractivity contribution in [3.63, 3.8) is 0 Å². The van der Waals surface area contributed by atoms with E-state index >= 15 is 0 Å². The highest BCUT2D eigenvalue weighted by molar-refractivity contribution is 7.11. The van der Waals surface area contributed by atoms with E-state index in [1.54, 1.807) is 17.8 Å². The van der Waals surface area contributed by atoms with Crippen molar-refractivity contribution < 1.29 is 9.59 Å². The summed E-state index contributed by atoms with van der Waals surface area (Å²) in [6.07, 6.45) is 4.70. The van der Waals surface area contributed by atoms with E-state index in [9.17, 15) is 9.59 Å². The molecule has 84 valence electrons. The van der Waals surface area contributed by atoms with E-state index in [2.05, 4.69) is 15.2 Å². The van der Waals surface area contributed by atoms with Crippen molar-refractivity contribution in [2.24, 2.45) is 0 Å². The zero-order valence-electron chi connectivity index (χ0n) is 8.93. The lowest BCUT2D eigenvalue weighted by Gasteiger charge is -1.78. The Bertz CT molecular complexity index is 404. The highest BCUT2D eigenvalue weighted by Gasteiger charge is 1.97. The Balaban J connectivity index is 0.000000160. The Hall–Kier alpha value is -1.82. The van der Waals surface area contributed by atoms with Gasteiger partial charge in [-0.15, -0.1) is 11.3 Å². The fraction of sp³-hybridized carbons (Fsp3) is 0.200. The molecule has 0 atom stereocenters. The lowest BCUT2D eigenvalue weighted by molar-refractivity contribution is 0.100. The Morgan fingerprint density at radius 1 is 1.31 bits per heavy atom. The quantitative estimate of drug-likeness (QED) is 0.810. The first-order valence-electron chi connectivity index (χ1n) is 4.51. The van der Waals surface area contributed by atoms with Crippen LogP contribution in [0.5, 0.6) is 0 Å². The van der Waals surface area contributed by atoms with E-state index in [0.717, 1.165) is 0 Å². The van der Waals surface area contributed by atoms with Crippen LogP contribution in [0.1, 0.15) is 34.0 Å². The van der Waals surface area contributed by atoms with Crippen molar-refractivity contribution in [1.29, 1.82) is 0 Å². The molecule has 0 spiro atoms. The molecular weight excluding hydrogens is 226 g/mol. The van der Waals surface area contributed by atoms with Gasteiger partial charge in [-0.1, -0.05) is 0 Å². The molecule has 0 fully saturated rings. The summed E-state index contributed by atoms with van der Waals surface area (Å²) in [6.45, 7) is 3.02. The fourth-order valence-corrected chi connectivity index (χ4v) is 1.38. The Morgan fingerprint density at radius 3 is 2.31 bits per heavy atom. The van der Waals surface area contributed by atoms with Gasteiger partial charge >= 0.3 is 0 Å². The molecule has 0 aliphatic carbocycles. The molecule has 0 unspecified atom stereocenters. The van der Waals surface area contributed by atoms with Gasteiger partial charge in [-0.25, -0.2) is 4.98 Å². The first kappa shape index (κ1) is 12.3. The van der Waals surface area contributed by atoms with Crippen LogP contribution < -0.4 is 0 Å². The number of aromatic amines is 1. The van der Waals surface area contributed by atoms with Crippen LogP contribution in [0.3, 0.4) is 0 Å². The molecule has 0 aromatic carbocycles. The molecule has 2 heterocycles. The normalized spacial score (nSPS) is 9.12. The first-order valence-corrected chi connectivity index (χ1v) is 5.39. The predicted molar refractivity (Wildman–Crippen MR) is 60.7 cm³/mol. The summed E-state index contributed by atoms with van der Waals surface area (Å²) in [5.74, 6) is 0.0822. The van der Waals surface area contributed by atoms with E-state index in [-0.39, 0.29) is 11.6 Å². The summed E-state index contributed by atoms with van der Waals surface area (Å²) in [6, 6.07) is 0. The van der Waals surface area contributed by atoms with Crippen LogP contribution in [0, 0.1) is 0 Å². The second kappa shape index (κ2) is 5.92. The van der Waals surface area contributed by atoms with Gasteiger partial charge in [0.1, 0.15) is 0 Å². The van der Waals surface area contributed by atoms with Crippen molar-refractivity contribution in [2.45, 2.75) is 13.8 Å². The number of rotatable bonds is 2. The Kier molecular flexibility index (Phi) is 4.53. The zero-order valence-corrected chi connectivity index (χ0v) is 9.75. The monoisotopic (exact) mass is 237 g/mol. The van der Waals surface area contributed by atoms with Crippen LogP contribution in [0.4, 0.5) is 0 Å². The van der Waals surface area contributed by atoms with Crippen LogP contribution in [-0.4, -0.2) is 26.7 Å². The van der Waals surface area contributed by atoms with Crippen LogP contribution in [-0.2, 0) is 0 Å². The molecule has 2 aromatic heterocycles. The topological polar surface area (TPSA) is 75.7 Å². The van der Waals surface area contributed by atoms with Gasteiger partial charge < -0.3 is 0 Å². The number of hydrogen-bond acceptors (Lipinski definition) is 5. The SMILES string of the molecule is CC(=O)c1cn[nH]c1.CC(=O)c1nccs1. The summed E-state index contributed by atoms with van der Waals surface area (Å²) in [4.78, 5) is 24.7. The van der Waals surface area contributed by atoms with Gasteiger partial charge in [0, 0.05) is 24.7 Å². The van der Waals surface area contributed by atoms with Gasteiger partial charge in [0.05, 0.1) is 11.8 Å². The van der Waals surface area contributed by atoms with E-state index in [4.69, 9.17) is 0 Å². The van der Waals surface area contributed by atoms with Crippen molar-refractivity contribution >= 4 is 22.9 Å². The van der Waals surface area contributed by atoms with Crippen molar-refractivity contribution in [2.75, 3.05) is 0 Å². The number of carbonyl (C=O) groups excluding carboxylic acids is 2. The molecule has 16 heavy (non-hydrogen) atoms. The molecule has 0 saturated heterocycles. The van der Waals surface area contributed by atoms with Crippen molar-refractivity contribution in [3.05, 3.63) is 34.5 Å². The van der Waals surface area contributed by atoms with Gasteiger partial charge in [0.15, 0.2) is 16.6 Å². The number of Topliss-reactive ketones (excluding diaryl/α,β-unsaturated/α-hetero) is 2. The van der Waals surface area contributed by atoms with E-state index in [1.807, 2.05) is 0 Å². The molecule has 0 bridgehead atoms. The number of nitrogens with zero attached hydrogens (tertiary/aromatic N) is 2. The Labute approximate surface area is 96.5 Å². The van der Waals surface area contributed by atoms with E-state index in [1.165, 1.54) is 31.4 Å². The summed E-state index contributed by atoms with van der Waals surface area (Å²) in [5, 5.41) is 8.51. The zero-order chi connectivity index (χ0) is 12.0. The van der Waals surface area contributed by atoms with Gasteiger partial charge in [-0.3, -0.25) is 14.7 Å². The maximum atomic E-state index is 10.5. The number of thiazole rings is 1. The molecule has 2 aromatic rings. The van der Waals surface area contributed by atoms with Gasteiger partial charge in [-0.2, -0.15) is 5.10 Å². The minimum Gasteiger partial charge on any atom is -0.294 e. The van der Waals surface area contributed by atoms with Crippen LogP contribution in [0.15, 0.2) is 24.0 Å². The summed E-state index contributed by atoms with van der Waals surface area (Å²) >= 11 is 1.37. The molecule has 2 rings (SSSR count). The molecule has 0 aliphatic rings. The molecular formula is C10H11N3O2S. The third-order valence-electron chi connectivity index (χ3n) is 1.64. The lowest BCUT2D eigenvalue weighted by atomic mass is 10.3. The minimum absolute atomic E-state index is 0.0405. The van der Waals surface area contributed by atoms with Crippen LogP contribution in [0.2, 0.25) is 0 Å². The highest BCUT2D eigenvalue weighted by atomic mass is 32.1. The lowest BCUT2D eigenvalue weighted by Crippen LogP contribution is -1.87. The second-order valence-electron chi connectivity index (χ2n) is 2.94. The molecule has 0 aliphatic heterocycles.